The number of halogens is 3. The van der Waals surface area contributed by atoms with Crippen molar-refractivity contribution in [2.45, 2.75) is 13.0 Å². The van der Waals surface area contributed by atoms with Crippen LogP contribution in [0.2, 0.25) is 0 Å². The number of amides is 1. The Bertz CT molecular complexity index is 384. The van der Waals surface area contributed by atoms with Crippen LogP contribution in [0.5, 0.6) is 5.75 Å². The molecule has 0 atom stereocenters. The van der Waals surface area contributed by atoms with Crippen LogP contribution in [-0.2, 0) is 0 Å². The molecule has 1 rings (SSSR count). The predicted molar refractivity (Wildman–Crippen MR) is 65.4 cm³/mol. The third kappa shape index (κ3) is 4.49. The number of rotatable bonds is 6. The van der Waals surface area contributed by atoms with Crippen molar-refractivity contribution in [3.05, 3.63) is 29.8 Å². The summed E-state index contributed by atoms with van der Waals surface area (Å²) in [5.74, 6) is 0.340. The number of carbonyl (C=O) groups excluding carboxylic acids is 1. The highest BCUT2D eigenvalue weighted by Crippen LogP contribution is 2.15. The summed E-state index contributed by atoms with van der Waals surface area (Å²) >= 11 is 5.54. The van der Waals surface area contributed by atoms with E-state index in [9.17, 15) is 13.6 Å². The minimum atomic E-state index is -2.86. The van der Waals surface area contributed by atoms with Gasteiger partial charge in [0.15, 0.2) is 0 Å². The van der Waals surface area contributed by atoms with Gasteiger partial charge >= 0.3 is 6.61 Å². The van der Waals surface area contributed by atoms with E-state index in [1.165, 1.54) is 29.2 Å². The van der Waals surface area contributed by atoms with Gasteiger partial charge in [-0.05, 0) is 30.7 Å². The van der Waals surface area contributed by atoms with Crippen molar-refractivity contribution in [3.63, 3.8) is 0 Å². The Morgan fingerprint density at radius 3 is 2.50 bits per heavy atom. The third-order valence-corrected chi connectivity index (χ3v) is 2.57. The largest absolute Gasteiger partial charge is 0.435 e. The summed E-state index contributed by atoms with van der Waals surface area (Å²) in [5, 5.41) is 0. The van der Waals surface area contributed by atoms with Gasteiger partial charge in [0.05, 0.1) is 0 Å². The molecule has 0 N–H and O–H groups in total. The van der Waals surface area contributed by atoms with Crippen molar-refractivity contribution in [1.82, 2.24) is 4.90 Å². The summed E-state index contributed by atoms with van der Waals surface area (Å²) in [6.45, 7) is -2.31. The quantitative estimate of drug-likeness (QED) is 0.748. The molecule has 0 aliphatic carbocycles. The van der Waals surface area contributed by atoms with E-state index in [1.807, 2.05) is 0 Å². The molecular weight excluding hydrogens is 264 g/mol. The van der Waals surface area contributed by atoms with Crippen LogP contribution in [-0.4, -0.2) is 36.9 Å². The second-order valence-corrected chi connectivity index (χ2v) is 4.05. The number of hydrogen-bond donors (Lipinski definition) is 0. The molecule has 0 fully saturated rings. The second-order valence-electron chi connectivity index (χ2n) is 3.67. The molecule has 1 aromatic rings. The topological polar surface area (TPSA) is 29.5 Å². The van der Waals surface area contributed by atoms with Gasteiger partial charge in [-0.3, -0.25) is 4.79 Å². The average molecular weight is 278 g/mol. The van der Waals surface area contributed by atoms with Crippen molar-refractivity contribution < 1.29 is 18.3 Å². The van der Waals surface area contributed by atoms with E-state index in [0.717, 1.165) is 0 Å². The first-order valence-corrected chi connectivity index (χ1v) is 5.94. The van der Waals surface area contributed by atoms with Gasteiger partial charge in [-0.25, -0.2) is 0 Å². The first kappa shape index (κ1) is 14.7. The molecule has 0 saturated carbocycles. The zero-order valence-electron chi connectivity index (χ0n) is 9.91. The third-order valence-electron chi connectivity index (χ3n) is 2.30. The Labute approximate surface area is 109 Å². The molecule has 0 bridgehead atoms. The number of carbonyl (C=O) groups is 1. The Hall–Kier alpha value is -1.36. The van der Waals surface area contributed by atoms with Crippen LogP contribution in [0.15, 0.2) is 24.3 Å². The lowest BCUT2D eigenvalue weighted by Crippen LogP contribution is -2.27. The van der Waals surface area contributed by atoms with Crippen molar-refractivity contribution in [3.8, 4) is 5.75 Å². The maximum atomic E-state index is 11.9. The van der Waals surface area contributed by atoms with E-state index in [0.29, 0.717) is 24.4 Å². The zero-order chi connectivity index (χ0) is 13.5. The van der Waals surface area contributed by atoms with E-state index in [-0.39, 0.29) is 11.7 Å². The number of ether oxygens (including phenoxy) is 1. The highest BCUT2D eigenvalue weighted by atomic mass is 35.5. The molecule has 0 spiro atoms. The summed E-state index contributed by atoms with van der Waals surface area (Å²) in [6.07, 6.45) is 0.705. The van der Waals surface area contributed by atoms with Gasteiger partial charge in [0.1, 0.15) is 5.75 Å². The molecular formula is C12H14ClF2NO2. The maximum Gasteiger partial charge on any atom is 0.387 e. The van der Waals surface area contributed by atoms with Crippen LogP contribution >= 0.6 is 11.6 Å². The molecule has 18 heavy (non-hydrogen) atoms. The van der Waals surface area contributed by atoms with E-state index in [1.54, 1.807) is 7.05 Å². The molecule has 0 radical (unpaired) electrons. The minimum Gasteiger partial charge on any atom is -0.435 e. The van der Waals surface area contributed by atoms with E-state index in [4.69, 9.17) is 11.6 Å². The summed E-state index contributed by atoms with van der Waals surface area (Å²) in [7, 11) is 1.67. The van der Waals surface area contributed by atoms with E-state index >= 15 is 0 Å². The summed E-state index contributed by atoms with van der Waals surface area (Å²) < 4.78 is 28.1. The van der Waals surface area contributed by atoms with Gasteiger partial charge in [-0.2, -0.15) is 8.78 Å². The van der Waals surface area contributed by atoms with Gasteiger partial charge in [-0.1, -0.05) is 0 Å². The van der Waals surface area contributed by atoms with E-state index in [2.05, 4.69) is 4.74 Å². The fourth-order valence-electron chi connectivity index (χ4n) is 1.40. The Morgan fingerprint density at radius 2 is 2.00 bits per heavy atom. The SMILES string of the molecule is CN(CCCCl)C(=O)c1ccc(OC(F)F)cc1. The number of nitrogens with zero attached hydrogens (tertiary/aromatic N) is 1. The lowest BCUT2D eigenvalue weighted by molar-refractivity contribution is -0.0498. The molecule has 100 valence electrons. The maximum absolute atomic E-state index is 11.9. The standard InChI is InChI=1S/C12H14ClF2NO2/c1-16(8-2-7-13)11(17)9-3-5-10(6-4-9)18-12(14)15/h3-6,12H,2,7-8H2,1H3. The molecule has 0 unspecified atom stereocenters. The van der Waals surface area contributed by atoms with Crippen LogP contribution < -0.4 is 4.74 Å². The highest BCUT2D eigenvalue weighted by molar-refractivity contribution is 6.17. The molecule has 6 heteroatoms. The van der Waals surface area contributed by atoms with Crippen LogP contribution in [0, 0.1) is 0 Å². The fourth-order valence-corrected chi connectivity index (χ4v) is 1.52. The normalized spacial score (nSPS) is 10.5. The average Bonchev–Trinajstić information content (AvgIpc) is 2.35. The van der Waals surface area contributed by atoms with Gasteiger partial charge in [0.2, 0.25) is 0 Å². The summed E-state index contributed by atoms with van der Waals surface area (Å²) in [5.41, 5.74) is 0.425. The lowest BCUT2D eigenvalue weighted by Gasteiger charge is -2.16. The number of alkyl halides is 3. The van der Waals surface area contributed by atoms with Gasteiger partial charge in [-0.15, -0.1) is 11.6 Å². The van der Waals surface area contributed by atoms with Crippen molar-refractivity contribution in [2.24, 2.45) is 0 Å². The molecule has 1 amide bonds. The lowest BCUT2D eigenvalue weighted by atomic mass is 10.2. The van der Waals surface area contributed by atoms with Crippen LogP contribution in [0.1, 0.15) is 16.8 Å². The molecule has 0 heterocycles. The van der Waals surface area contributed by atoms with Crippen LogP contribution in [0.4, 0.5) is 8.78 Å². The molecule has 3 nitrogen and oxygen atoms in total. The molecule has 0 aliphatic heterocycles. The Kier molecular flexibility index (Phi) is 5.85. The highest BCUT2D eigenvalue weighted by Gasteiger charge is 2.11. The van der Waals surface area contributed by atoms with E-state index < -0.39 is 6.61 Å². The smallest absolute Gasteiger partial charge is 0.387 e. The Morgan fingerprint density at radius 1 is 1.39 bits per heavy atom. The number of hydrogen-bond acceptors (Lipinski definition) is 2. The monoisotopic (exact) mass is 277 g/mol. The minimum absolute atomic E-state index is 0.0324. The van der Waals surface area contributed by atoms with Gasteiger partial charge in [0.25, 0.3) is 5.91 Å². The Balaban J connectivity index is 2.63. The summed E-state index contributed by atoms with van der Waals surface area (Å²) in [6, 6.07) is 5.60. The van der Waals surface area contributed by atoms with Gasteiger partial charge in [0, 0.05) is 25.0 Å². The first-order valence-electron chi connectivity index (χ1n) is 5.41. The first-order chi connectivity index (χ1) is 8.54. The predicted octanol–water partition coefficient (Wildman–Crippen LogP) is 2.99. The fraction of sp³-hybridized carbons (Fsp3) is 0.417. The zero-order valence-corrected chi connectivity index (χ0v) is 10.7. The van der Waals surface area contributed by atoms with Crippen molar-refractivity contribution in [2.75, 3.05) is 19.5 Å². The number of benzene rings is 1. The molecule has 0 aliphatic rings. The van der Waals surface area contributed by atoms with Gasteiger partial charge < -0.3 is 9.64 Å². The van der Waals surface area contributed by atoms with Crippen molar-refractivity contribution >= 4 is 17.5 Å². The van der Waals surface area contributed by atoms with Crippen LogP contribution in [0.25, 0.3) is 0 Å². The molecule has 1 aromatic carbocycles. The van der Waals surface area contributed by atoms with Crippen LogP contribution in [0.3, 0.4) is 0 Å². The second kappa shape index (κ2) is 7.16. The molecule has 0 aromatic heterocycles. The molecule has 0 saturated heterocycles. The summed E-state index contributed by atoms with van der Waals surface area (Å²) in [4.78, 5) is 13.4. The van der Waals surface area contributed by atoms with Crippen molar-refractivity contribution in [1.29, 1.82) is 0 Å².